The van der Waals surface area contributed by atoms with Crippen LogP contribution in [-0.2, 0) is 9.53 Å². The van der Waals surface area contributed by atoms with Crippen LogP contribution in [0, 0.1) is 0 Å². The number of hydrogen-bond donors (Lipinski definition) is 1. The number of unbranched alkanes of at least 4 members (excludes halogenated alkanes) is 1. The molecule has 3 nitrogen and oxygen atoms in total. The minimum Gasteiger partial charge on any atom is -0.467 e. The summed E-state index contributed by atoms with van der Waals surface area (Å²) in [6.45, 7) is 4.10. The first kappa shape index (κ1) is 15.8. The summed E-state index contributed by atoms with van der Waals surface area (Å²) in [4.78, 5) is 12.1. The van der Waals surface area contributed by atoms with Crippen molar-refractivity contribution in [3.8, 4) is 0 Å². The van der Waals surface area contributed by atoms with Crippen molar-refractivity contribution in [3.63, 3.8) is 0 Å². The molecule has 0 saturated heterocycles. The minimum atomic E-state index is -0.671. The average Bonchev–Trinajstić information content (AvgIpc) is 2.42. The predicted molar refractivity (Wildman–Crippen MR) is 79.6 cm³/mol. The number of rotatable bonds is 7. The first-order valence-corrected chi connectivity index (χ1v) is 7.08. The second-order valence-electron chi connectivity index (χ2n) is 4.67. The molecule has 0 saturated carbocycles. The molecule has 19 heavy (non-hydrogen) atoms. The van der Waals surface area contributed by atoms with Gasteiger partial charge in [-0.3, -0.25) is 0 Å². The highest BCUT2D eigenvalue weighted by molar-refractivity contribution is 6.30. The van der Waals surface area contributed by atoms with Crippen LogP contribution in [0.1, 0.15) is 39.5 Å². The zero-order chi connectivity index (χ0) is 14.3. The van der Waals surface area contributed by atoms with Gasteiger partial charge in [0.2, 0.25) is 0 Å². The van der Waals surface area contributed by atoms with Crippen molar-refractivity contribution in [3.05, 3.63) is 29.3 Å². The Morgan fingerprint density at radius 2 is 2.16 bits per heavy atom. The van der Waals surface area contributed by atoms with Gasteiger partial charge >= 0.3 is 5.97 Å². The Kier molecular flexibility index (Phi) is 6.16. The third-order valence-electron chi connectivity index (χ3n) is 3.35. The number of esters is 1. The van der Waals surface area contributed by atoms with E-state index >= 15 is 0 Å². The van der Waals surface area contributed by atoms with E-state index in [1.165, 1.54) is 7.11 Å². The standard InChI is InChI=1S/C15H22ClNO2/c1-4-6-10-15(5-2,14(18)19-3)17-13-9-7-8-12(16)11-13/h7-9,11,17H,4-6,10H2,1-3H3. The number of ether oxygens (including phenoxy) is 1. The van der Waals surface area contributed by atoms with E-state index in [9.17, 15) is 4.79 Å². The fourth-order valence-corrected chi connectivity index (χ4v) is 2.33. The van der Waals surface area contributed by atoms with Gasteiger partial charge in [0.05, 0.1) is 7.11 Å². The molecule has 0 spiro atoms. The molecule has 4 heteroatoms. The average molecular weight is 284 g/mol. The first-order chi connectivity index (χ1) is 9.07. The molecule has 1 unspecified atom stereocenters. The van der Waals surface area contributed by atoms with Gasteiger partial charge in [0.15, 0.2) is 0 Å². The van der Waals surface area contributed by atoms with Gasteiger partial charge in [-0.15, -0.1) is 0 Å². The number of benzene rings is 1. The van der Waals surface area contributed by atoms with E-state index in [0.29, 0.717) is 11.4 Å². The number of nitrogens with one attached hydrogen (secondary N) is 1. The van der Waals surface area contributed by atoms with Crippen LogP contribution in [0.3, 0.4) is 0 Å². The van der Waals surface area contributed by atoms with E-state index in [1.54, 1.807) is 0 Å². The minimum absolute atomic E-state index is 0.219. The topological polar surface area (TPSA) is 38.3 Å². The van der Waals surface area contributed by atoms with Crippen molar-refractivity contribution in [2.45, 2.75) is 45.1 Å². The summed E-state index contributed by atoms with van der Waals surface area (Å²) >= 11 is 5.98. The monoisotopic (exact) mass is 283 g/mol. The molecule has 0 heterocycles. The van der Waals surface area contributed by atoms with Gasteiger partial charge in [0.1, 0.15) is 5.54 Å². The summed E-state index contributed by atoms with van der Waals surface area (Å²) in [6, 6.07) is 7.40. The number of carbonyl (C=O) groups is 1. The van der Waals surface area contributed by atoms with Crippen LogP contribution in [0.4, 0.5) is 5.69 Å². The van der Waals surface area contributed by atoms with Crippen molar-refractivity contribution in [2.24, 2.45) is 0 Å². The Labute approximate surface area is 120 Å². The van der Waals surface area contributed by atoms with Gasteiger partial charge in [-0.1, -0.05) is 44.4 Å². The number of carbonyl (C=O) groups excluding carboxylic acids is 1. The smallest absolute Gasteiger partial charge is 0.331 e. The maximum Gasteiger partial charge on any atom is 0.331 e. The molecule has 0 aliphatic heterocycles. The molecular formula is C15H22ClNO2. The lowest BCUT2D eigenvalue weighted by Gasteiger charge is -2.32. The molecule has 0 aliphatic rings. The normalized spacial score (nSPS) is 13.7. The zero-order valence-electron chi connectivity index (χ0n) is 11.8. The van der Waals surface area contributed by atoms with Crippen LogP contribution in [0.15, 0.2) is 24.3 Å². The Balaban J connectivity index is 2.98. The Bertz CT molecular complexity index is 422. The zero-order valence-corrected chi connectivity index (χ0v) is 12.6. The fourth-order valence-electron chi connectivity index (χ4n) is 2.14. The van der Waals surface area contributed by atoms with E-state index in [2.05, 4.69) is 12.2 Å². The first-order valence-electron chi connectivity index (χ1n) is 6.70. The van der Waals surface area contributed by atoms with E-state index < -0.39 is 5.54 Å². The van der Waals surface area contributed by atoms with Gasteiger partial charge in [-0.05, 0) is 31.0 Å². The molecule has 0 fully saturated rings. The number of anilines is 1. The molecule has 0 amide bonds. The highest BCUT2D eigenvalue weighted by atomic mass is 35.5. The summed E-state index contributed by atoms with van der Waals surface area (Å²) in [7, 11) is 1.43. The molecule has 1 rings (SSSR count). The molecule has 0 radical (unpaired) electrons. The maximum absolute atomic E-state index is 12.1. The molecule has 106 valence electrons. The SMILES string of the molecule is CCCCC(CC)(Nc1cccc(Cl)c1)C(=O)OC. The Morgan fingerprint density at radius 1 is 1.42 bits per heavy atom. The van der Waals surface area contributed by atoms with Crippen LogP contribution in [0.25, 0.3) is 0 Å². The van der Waals surface area contributed by atoms with Gasteiger partial charge in [-0.2, -0.15) is 0 Å². The summed E-state index contributed by atoms with van der Waals surface area (Å²) in [5.74, 6) is -0.219. The van der Waals surface area contributed by atoms with E-state index in [1.807, 2.05) is 31.2 Å². The molecule has 1 atom stereocenters. The second kappa shape index (κ2) is 7.39. The molecule has 0 bridgehead atoms. The lowest BCUT2D eigenvalue weighted by Crippen LogP contribution is -2.46. The summed E-state index contributed by atoms with van der Waals surface area (Å²) < 4.78 is 4.97. The van der Waals surface area contributed by atoms with Crippen molar-refractivity contribution >= 4 is 23.3 Å². The number of halogens is 1. The van der Waals surface area contributed by atoms with Crippen molar-refractivity contribution in [1.29, 1.82) is 0 Å². The van der Waals surface area contributed by atoms with Crippen molar-refractivity contribution in [1.82, 2.24) is 0 Å². The number of hydrogen-bond acceptors (Lipinski definition) is 3. The highest BCUT2D eigenvalue weighted by Crippen LogP contribution is 2.27. The van der Waals surface area contributed by atoms with Gasteiger partial charge in [0.25, 0.3) is 0 Å². The lowest BCUT2D eigenvalue weighted by atomic mass is 9.89. The fraction of sp³-hybridized carbons (Fsp3) is 0.533. The van der Waals surface area contributed by atoms with Crippen LogP contribution >= 0.6 is 11.6 Å². The third-order valence-corrected chi connectivity index (χ3v) is 3.58. The van der Waals surface area contributed by atoms with E-state index in [4.69, 9.17) is 16.3 Å². The molecule has 0 aliphatic carbocycles. The van der Waals surface area contributed by atoms with Crippen LogP contribution in [0.2, 0.25) is 5.02 Å². The van der Waals surface area contributed by atoms with Crippen molar-refractivity contribution < 1.29 is 9.53 Å². The predicted octanol–water partition coefficient (Wildman–Crippen LogP) is 4.26. The van der Waals surface area contributed by atoms with Gasteiger partial charge < -0.3 is 10.1 Å². The van der Waals surface area contributed by atoms with Crippen LogP contribution in [0.5, 0.6) is 0 Å². The maximum atomic E-state index is 12.1. The van der Waals surface area contributed by atoms with Gasteiger partial charge in [0, 0.05) is 10.7 Å². The lowest BCUT2D eigenvalue weighted by molar-refractivity contribution is -0.146. The molecule has 1 N–H and O–H groups in total. The quantitative estimate of drug-likeness (QED) is 0.760. The summed E-state index contributed by atoms with van der Waals surface area (Å²) in [6.07, 6.45) is 3.43. The molecule has 1 aromatic carbocycles. The van der Waals surface area contributed by atoms with Crippen molar-refractivity contribution in [2.75, 3.05) is 12.4 Å². The largest absolute Gasteiger partial charge is 0.467 e. The summed E-state index contributed by atoms with van der Waals surface area (Å²) in [5, 5.41) is 3.96. The van der Waals surface area contributed by atoms with Gasteiger partial charge in [-0.25, -0.2) is 4.79 Å². The Hall–Kier alpha value is -1.22. The second-order valence-corrected chi connectivity index (χ2v) is 5.10. The van der Waals surface area contributed by atoms with Crippen LogP contribution < -0.4 is 5.32 Å². The molecular weight excluding hydrogens is 262 g/mol. The number of methoxy groups -OCH3 is 1. The van der Waals surface area contributed by atoms with Crippen LogP contribution in [-0.4, -0.2) is 18.6 Å². The Morgan fingerprint density at radius 3 is 2.68 bits per heavy atom. The highest BCUT2D eigenvalue weighted by Gasteiger charge is 2.37. The third kappa shape index (κ3) is 4.13. The van der Waals surface area contributed by atoms with E-state index in [-0.39, 0.29) is 5.97 Å². The van der Waals surface area contributed by atoms with E-state index in [0.717, 1.165) is 24.9 Å². The molecule has 0 aromatic heterocycles. The summed E-state index contributed by atoms with van der Waals surface area (Å²) in [5.41, 5.74) is 0.172. The molecule has 1 aromatic rings.